The minimum atomic E-state index is -0.548. The smallest absolute Gasteiger partial charge is 0.205 e. The van der Waals surface area contributed by atoms with Crippen LogP contribution in [0.25, 0.3) is 0 Å². The summed E-state index contributed by atoms with van der Waals surface area (Å²) in [6.45, 7) is 0. The molecule has 0 radical (unpaired) electrons. The number of nitrogens with zero attached hydrogens (tertiary/aromatic N) is 1. The van der Waals surface area contributed by atoms with Crippen LogP contribution in [0.1, 0.15) is 17.0 Å². The van der Waals surface area contributed by atoms with Crippen LogP contribution >= 0.6 is 11.6 Å². The Hall–Kier alpha value is -2.64. The van der Waals surface area contributed by atoms with Crippen molar-refractivity contribution in [2.24, 2.45) is 5.73 Å². The Labute approximate surface area is 126 Å². The molecule has 0 aliphatic carbocycles. The Balaban J connectivity index is 2.32. The molecule has 2 aromatic carbocycles. The zero-order valence-corrected chi connectivity index (χ0v) is 11.6. The highest BCUT2D eigenvalue weighted by molar-refractivity contribution is 6.31. The Morgan fingerprint density at radius 1 is 1.19 bits per heavy atom. The van der Waals surface area contributed by atoms with Crippen molar-refractivity contribution in [3.63, 3.8) is 0 Å². The van der Waals surface area contributed by atoms with Gasteiger partial charge in [-0.3, -0.25) is 0 Å². The molecule has 0 aromatic heterocycles. The number of halogens is 1. The van der Waals surface area contributed by atoms with Gasteiger partial charge >= 0.3 is 0 Å². The first-order valence-corrected chi connectivity index (χ1v) is 6.65. The Morgan fingerprint density at radius 3 is 2.67 bits per heavy atom. The summed E-state index contributed by atoms with van der Waals surface area (Å²) >= 11 is 6.25. The topological polar surface area (TPSA) is 79.3 Å². The molecule has 0 saturated heterocycles. The first-order chi connectivity index (χ1) is 10.1. The fourth-order valence-electron chi connectivity index (χ4n) is 2.51. The number of hydrogen-bond acceptors (Lipinski definition) is 4. The summed E-state index contributed by atoms with van der Waals surface area (Å²) in [4.78, 5) is 0. The van der Waals surface area contributed by atoms with Gasteiger partial charge in [0.25, 0.3) is 0 Å². The van der Waals surface area contributed by atoms with Gasteiger partial charge in [-0.2, -0.15) is 5.26 Å². The molecule has 2 aromatic rings. The predicted molar refractivity (Wildman–Crippen MR) is 78.9 cm³/mol. The van der Waals surface area contributed by atoms with Gasteiger partial charge < -0.3 is 15.6 Å². The number of nitrogens with two attached hydrogens (primary N) is 1. The van der Waals surface area contributed by atoms with Crippen molar-refractivity contribution in [1.82, 2.24) is 0 Å². The SMILES string of the molecule is N#CC1=C(N)Oc2cccc(O)c2C1c1ccccc1Cl. The number of nitriles is 1. The van der Waals surface area contributed by atoms with Crippen LogP contribution in [0.5, 0.6) is 11.5 Å². The van der Waals surface area contributed by atoms with Crippen LogP contribution in [0.2, 0.25) is 5.02 Å². The normalized spacial score (nSPS) is 16.9. The van der Waals surface area contributed by atoms with Gasteiger partial charge in [0.15, 0.2) is 0 Å². The minimum absolute atomic E-state index is 0.0283. The summed E-state index contributed by atoms with van der Waals surface area (Å²) in [5.41, 5.74) is 7.27. The standard InChI is InChI=1S/C16H11ClN2O2/c17-11-5-2-1-4-9(11)14-10(8-18)16(19)21-13-7-3-6-12(20)15(13)14/h1-7,14,20H,19H2. The molecule has 0 fully saturated rings. The van der Waals surface area contributed by atoms with E-state index in [1.54, 1.807) is 36.4 Å². The third kappa shape index (κ3) is 2.08. The highest BCUT2D eigenvalue weighted by Crippen LogP contribution is 2.47. The highest BCUT2D eigenvalue weighted by Gasteiger charge is 2.33. The van der Waals surface area contributed by atoms with E-state index < -0.39 is 5.92 Å². The molecular weight excluding hydrogens is 288 g/mol. The van der Waals surface area contributed by atoms with Gasteiger partial charge in [0.2, 0.25) is 5.88 Å². The molecule has 1 unspecified atom stereocenters. The zero-order chi connectivity index (χ0) is 15.0. The molecule has 0 bridgehead atoms. The molecular formula is C16H11ClN2O2. The van der Waals surface area contributed by atoms with Crippen LogP contribution in [-0.2, 0) is 0 Å². The summed E-state index contributed by atoms with van der Waals surface area (Å²) < 4.78 is 5.44. The first-order valence-electron chi connectivity index (χ1n) is 6.27. The summed E-state index contributed by atoms with van der Waals surface area (Å²) in [7, 11) is 0. The summed E-state index contributed by atoms with van der Waals surface area (Å²) in [5, 5.41) is 20.1. The maximum absolute atomic E-state index is 10.2. The molecule has 5 heteroatoms. The minimum Gasteiger partial charge on any atom is -0.507 e. The average Bonchev–Trinajstić information content (AvgIpc) is 2.47. The van der Waals surface area contributed by atoms with Crippen LogP contribution < -0.4 is 10.5 Å². The predicted octanol–water partition coefficient (Wildman–Crippen LogP) is 3.26. The number of fused-ring (bicyclic) bond motifs is 1. The Bertz CT molecular complexity index is 793. The van der Waals surface area contributed by atoms with Crippen molar-refractivity contribution in [2.75, 3.05) is 0 Å². The van der Waals surface area contributed by atoms with Crippen molar-refractivity contribution in [1.29, 1.82) is 5.26 Å². The average molecular weight is 299 g/mol. The van der Waals surface area contributed by atoms with Gasteiger partial charge in [-0.25, -0.2) is 0 Å². The van der Waals surface area contributed by atoms with Crippen molar-refractivity contribution < 1.29 is 9.84 Å². The quantitative estimate of drug-likeness (QED) is 0.847. The molecule has 0 saturated carbocycles. The molecule has 3 rings (SSSR count). The zero-order valence-electron chi connectivity index (χ0n) is 10.9. The largest absolute Gasteiger partial charge is 0.507 e. The van der Waals surface area contributed by atoms with Crippen molar-refractivity contribution in [3.8, 4) is 17.6 Å². The maximum atomic E-state index is 10.2. The van der Waals surface area contributed by atoms with E-state index in [0.717, 1.165) is 0 Å². The van der Waals surface area contributed by atoms with Gasteiger partial charge in [0.1, 0.15) is 23.1 Å². The van der Waals surface area contributed by atoms with Crippen LogP contribution in [-0.4, -0.2) is 5.11 Å². The van der Waals surface area contributed by atoms with E-state index >= 15 is 0 Å². The van der Waals surface area contributed by atoms with E-state index in [4.69, 9.17) is 22.1 Å². The number of phenols is 1. The molecule has 0 spiro atoms. The number of phenolic OH excluding ortho intramolecular Hbond substituents is 1. The second-order valence-corrected chi connectivity index (χ2v) is 5.04. The number of allylic oxidation sites excluding steroid dienone is 1. The van der Waals surface area contributed by atoms with E-state index in [2.05, 4.69) is 6.07 Å². The van der Waals surface area contributed by atoms with Gasteiger partial charge in [0.05, 0.1) is 5.92 Å². The lowest BCUT2D eigenvalue weighted by atomic mass is 9.83. The molecule has 21 heavy (non-hydrogen) atoms. The van der Waals surface area contributed by atoms with E-state index in [-0.39, 0.29) is 17.2 Å². The van der Waals surface area contributed by atoms with E-state index in [1.807, 2.05) is 6.07 Å². The highest BCUT2D eigenvalue weighted by atomic mass is 35.5. The van der Waals surface area contributed by atoms with Gasteiger partial charge in [-0.05, 0) is 23.8 Å². The number of ether oxygens (including phenoxy) is 1. The van der Waals surface area contributed by atoms with Crippen LogP contribution in [0.3, 0.4) is 0 Å². The van der Waals surface area contributed by atoms with E-state index in [9.17, 15) is 10.4 Å². The molecule has 4 nitrogen and oxygen atoms in total. The summed E-state index contributed by atoms with van der Waals surface area (Å²) in [6, 6.07) is 14.1. The third-order valence-corrected chi connectivity index (χ3v) is 3.79. The molecule has 1 aliphatic heterocycles. The van der Waals surface area contributed by atoms with Gasteiger partial charge in [-0.1, -0.05) is 35.9 Å². The molecule has 0 amide bonds. The van der Waals surface area contributed by atoms with Crippen molar-refractivity contribution in [3.05, 3.63) is 70.1 Å². The first kappa shape index (κ1) is 13.3. The van der Waals surface area contributed by atoms with Crippen LogP contribution in [0.15, 0.2) is 53.9 Å². The Kier molecular flexibility index (Phi) is 3.20. The third-order valence-electron chi connectivity index (χ3n) is 3.44. The molecule has 104 valence electrons. The summed E-state index contributed by atoms with van der Waals surface area (Å²) in [5.74, 6) is -0.0525. The lowest BCUT2D eigenvalue weighted by Crippen LogP contribution is -2.21. The van der Waals surface area contributed by atoms with Crippen molar-refractivity contribution >= 4 is 11.6 Å². The van der Waals surface area contributed by atoms with Gasteiger partial charge in [0, 0.05) is 10.6 Å². The Morgan fingerprint density at radius 2 is 1.95 bits per heavy atom. The van der Waals surface area contributed by atoms with Crippen LogP contribution in [0.4, 0.5) is 0 Å². The molecule has 3 N–H and O–H groups in total. The number of rotatable bonds is 1. The van der Waals surface area contributed by atoms with E-state index in [1.165, 1.54) is 0 Å². The number of hydrogen-bond donors (Lipinski definition) is 2. The fraction of sp³-hybridized carbons (Fsp3) is 0.0625. The maximum Gasteiger partial charge on any atom is 0.205 e. The molecule has 1 heterocycles. The lowest BCUT2D eigenvalue weighted by Gasteiger charge is -2.27. The van der Waals surface area contributed by atoms with E-state index in [0.29, 0.717) is 21.9 Å². The fourth-order valence-corrected chi connectivity index (χ4v) is 2.76. The number of aromatic hydroxyl groups is 1. The van der Waals surface area contributed by atoms with Gasteiger partial charge in [-0.15, -0.1) is 0 Å². The summed E-state index contributed by atoms with van der Waals surface area (Å²) in [6.07, 6.45) is 0. The molecule has 1 aliphatic rings. The second kappa shape index (κ2) is 5.04. The number of benzene rings is 2. The lowest BCUT2D eigenvalue weighted by molar-refractivity contribution is 0.382. The monoisotopic (exact) mass is 298 g/mol. The van der Waals surface area contributed by atoms with Crippen LogP contribution in [0, 0.1) is 11.3 Å². The van der Waals surface area contributed by atoms with Crippen molar-refractivity contribution in [2.45, 2.75) is 5.92 Å². The molecule has 1 atom stereocenters. The second-order valence-electron chi connectivity index (χ2n) is 4.64.